The Labute approximate surface area is 158 Å². The molecule has 1 N–H and O–H groups in total. The number of aromatic nitrogens is 3. The number of nitrogens with zero attached hydrogens (tertiary/aromatic N) is 5. The number of nitrogens with one attached hydrogen (secondary N) is 1. The van der Waals surface area contributed by atoms with Crippen molar-refractivity contribution in [1.29, 1.82) is 0 Å². The van der Waals surface area contributed by atoms with Gasteiger partial charge in [-0.2, -0.15) is 0 Å². The molecule has 7 nitrogen and oxygen atoms in total. The summed E-state index contributed by atoms with van der Waals surface area (Å²) in [4.78, 5) is 18.2. The maximum Gasteiger partial charge on any atom is 0.258 e. The molecule has 0 amide bonds. The number of ether oxygens (including phenoxy) is 1. The van der Waals surface area contributed by atoms with Crippen molar-refractivity contribution in [3.8, 4) is 5.88 Å². The zero-order chi connectivity index (χ0) is 18.1. The molecule has 27 heavy (non-hydrogen) atoms. The lowest BCUT2D eigenvalue weighted by Gasteiger charge is -2.40. The molecule has 138 valence electrons. The van der Waals surface area contributed by atoms with Gasteiger partial charge >= 0.3 is 0 Å². The van der Waals surface area contributed by atoms with Gasteiger partial charge in [-0.05, 0) is 18.2 Å². The number of fused-ring (bicyclic) bond motifs is 1. The lowest BCUT2D eigenvalue weighted by Crippen LogP contribution is -2.54. The Kier molecular flexibility index (Phi) is 4.21. The van der Waals surface area contributed by atoms with E-state index in [1.807, 2.05) is 18.2 Å². The number of hydrogen-bond donors (Lipinski definition) is 1. The molecule has 0 spiro atoms. The van der Waals surface area contributed by atoms with Gasteiger partial charge in [0, 0.05) is 44.0 Å². The first-order valence-corrected chi connectivity index (χ1v) is 9.41. The average Bonchev–Trinajstić information content (AvgIpc) is 2.71. The number of para-hydroxylation sites is 1. The summed E-state index contributed by atoms with van der Waals surface area (Å²) in [6.45, 7) is 5.38. The highest BCUT2D eigenvalue weighted by Gasteiger charge is 2.31. The Bertz CT molecular complexity index is 936. The monoisotopic (exact) mass is 362 g/mol. The van der Waals surface area contributed by atoms with E-state index in [9.17, 15) is 0 Å². The van der Waals surface area contributed by atoms with Crippen molar-refractivity contribution in [2.24, 2.45) is 0 Å². The third kappa shape index (κ3) is 3.26. The molecular formula is C20H22N6O. The Morgan fingerprint density at radius 3 is 2.63 bits per heavy atom. The number of benzene rings is 1. The second-order valence-electron chi connectivity index (χ2n) is 6.93. The third-order valence-corrected chi connectivity index (χ3v) is 5.10. The van der Waals surface area contributed by atoms with Crippen LogP contribution in [-0.2, 0) is 0 Å². The van der Waals surface area contributed by atoms with E-state index in [1.165, 1.54) is 0 Å². The summed E-state index contributed by atoms with van der Waals surface area (Å²) in [6, 6.07) is 12.4. The zero-order valence-corrected chi connectivity index (χ0v) is 15.1. The molecule has 3 aromatic rings. The Morgan fingerprint density at radius 2 is 1.74 bits per heavy atom. The predicted octanol–water partition coefficient (Wildman–Crippen LogP) is 1.70. The van der Waals surface area contributed by atoms with Gasteiger partial charge in [-0.3, -0.25) is 0 Å². The second-order valence-corrected chi connectivity index (χ2v) is 6.93. The fraction of sp³-hybridized carbons (Fsp3) is 0.350. The van der Waals surface area contributed by atoms with Gasteiger partial charge in [0.05, 0.1) is 18.6 Å². The van der Waals surface area contributed by atoms with Gasteiger partial charge in [0.1, 0.15) is 11.9 Å². The molecule has 1 aromatic carbocycles. The molecule has 0 unspecified atom stereocenters. The molecule has 5 rings (SSSR count). The lowest BCUT2D eigenvalue weighted by molar-refractivity contribution is 0.160. The molecule has 2 aliphatic heterocycles. The molecule has 4 heterocycles. The fourth-order valence-corrected chi connectivity index (χ4v) is 3.58. The van der Waals surface area contributed by atoms with Crippen LogP contribution in [0, 0.1) is 0 Å². The van der Waals surface area contributed by atoms with Gasteiger partial charge in [-0.1, -0.05) is 18.2 Å². The number of pyridine rings is 1. The molecule has 0 saturated carbocycles. The minimum atomic E-state index is 0.108. The predicted molar refractivity (Wildman–Crippen MR) is 105 cm³/mol. The highest BCUT2D eigenvalue weighted by atomic mass is 16.5. The first kappa shape index (κ1) is 16.3. The maximum absolute atomic E-state index is 6.17. The van der Waals surface area contributed by atoms with Gasteiger partial charge in [0.2, 0.25) is 0 Å². The van der Waals surface area contributed by atoms with Crippen LogP contribution >= 0.6 is 0 Å². The van der Waals surface area contributed by atoms with Crippen LogP contribution in [0.2, 0.25) is 0 Å². The van der Waals surface area contributed by atoms with Crippen LogP contribution in [-0.4, -0.2) is 60.3 Å². The SMILES string of the molecule is c1ccc2nc(N3CC(Oc4nccnc4N4CCNCC4)C3)ccc2c1. The molecule has 2 aromatic heterocycles. The first-order valence-electron chi connectivity index (χ1n) is 9.41. The summed E-state index contributed by atoms with van der Waals surface area (Å²) in [6.07, 6.45) is 3.54. The van der Waals surface area contributed by atoms with Gasteiger partial charge in [0.25, 0.3) is 5.88 Å². The van der Waals surface area contributed by atoms with Crippen LogP contribution in [0.1, 0.15) is 0 Å². The quantitative estimate of drug-likeness (QED) is 0.758. The highest BCUT2D eigenvalue weighted by molar-refractivity contribution is 5.80. The number of anilines is 2. The normalized spacial score (nSPS) is 17.8. The molecule has 2 fully saturated rings. The summed E-state index contributed by atoms with van der Waals surface area (Å²) in [5.74, 6) is 2.48. The van der Waals surface area contributed by atoms with Crippen LogP contribution in [0.5, 0.6) is 5.88 Å². The molecule has 2 saturated heterocycles. The van der Waals surface area contributed by atoms with E-state index in [4.69, 9.17) is 9.72 Å². The molecule has 0 aliphatic carbocycles. The van der Waals surface area contributed by atoms with Crippen LogP contribution in [0.4, 0.5) is 11.6 Å². The smallest absolute Gasteiger partial charge is 0.258 e. The third-order valence-electron chi connectivity index (χ3n) is 5.10. The topological polar surface area (TPSA) is 66.4 Å². The molecule has 0 radical (unpaired) electrons. The Balaban J connectivity index is 1.26. The van der Waals surface area contributed by atoms with Crippen LogP contribution in [0.25, 0.3) is 10.9 Å². The van der Waals surface area contributed by atoms with Crippen molar-refractivity contribution in [1.82, 2.24) is 20.3 Å². The summed E-state index contributed by atoms with van der Waals surface area (Å²) >= 11 is 0. The number of rotatable bonds is 4. The van der Waals surface area contributed by atoms with E-state index in [2.05, 4.69) is 43.3 Å². The minimum Gasteiger partial charge on any atom is -0.468 e. The number of hydrogen-bond acceptors (Lipinski definition) is 7. The second kappa shape index (κ2) is 7.00. The van der Waals surface area contributed by atoms with E-state index in [1.54, 1.807) is 12.4 Å². The summed E-state index contributed by atoms with van der Waals surface area (Å²) in [5, 5.41) is 4.52. The van der Waals surface area contributed by atoms with Gasteiger partial charge in [0.15, 0.2) is 5.82 Å². The van der Waals surface area contributed by atoms with Crippen molar-refractivity contribution in [2.45, 2.75) is 6.10 Å². The molecule has 7 heteroatoms. The summed E-state index contributed by atoms with van der Waals surface area (Å²) in [7, 11) is 0. The van der Waals surface area contributed by atoms with Crippen molar-refractivity contribution >= 4 is 22.5 Å². The van der Waals surface area contributed by atoms with Crippen LogP contribution in [0.15, 0.2) is 48.8 Å². The van der Waals surface area contributed by atoms with Crippen molar-refractivity contribution < 1.29 is 4.74 Å². The van der Waals surface area contributed by atoms with Crippen molar-refractivity contribution in [3.05, 3.63) is 48.8 Å². The highest BCUT2D eigenvalue weighted by Crippen LogP contribution is 2.28. The van der Waals surface area contributed by atoms with Crippen molar-refractivity contribution in [3.63, 3.8) is 0 Å². The van der Waals surface area contributed by atoms with Crippen molar-refractivity contribution in [2.75, 3.05) is 49.1 Å². The first-order chi connectivity index (χ1) is 13.4. The Morgan fingerprint density at radius 1 is 0.926 bits per heavy atom. The average molecular weight is 362 g/mol. The maximum atomic E-state index is 6.17. The number of piperazine rings is 1. The van der Waals surface area contributed by atoms with Gasteiger partial charge < -0.3 is 19.9 Å². The standard InChI is InChI=1S/C20H22N6O/c1-2-4-17-15(3-1)5-6-18(24-17)26-13-16(14-26)27-20-19(22-7-8-23-20)25-11-9-21-10-12-25/h1-8,16,21H,9-14H2. The minimum absolute atomic E-state index is 0.108. The van der Waals surface area contributed by atoms with Crippen LogP contribution < -0.4 is 19.9 Å². The molecular weight excluding hydrogens is 340 g/mol. The molecule has 0 bridgehead atoms. The molecule has 0 atom stereocenters. The van der Waals surface area contributed by atoms with E-state index in [-0.39, 0.29) is 6.10 Å². The lowest BCUT2D eigenvalue weighted by atomic mass is 10.1. The zero-order valence-electron chi connectivity index (χ0n) is 15.1. The fourth-order valence-electron chi connectivity index (χ4n) is 3.58. The Hall–Kier alpha value is -2.93. The van der Waals surface area contributed by atoms with E-state index in [0.29, 0.717) is 5.88 Å². The summed E-state index contributed by atoms with van der Waals surface area (Å²) < 4.78 is 6.17. The van der Waals surface area contributed by atoms with Gasteiger partial charge in [-0.25, -0.2) is 15.0 Å². The molecule has 2 aliphatic rings. The van der Waals surface area contributed by atoms with Gasteiger partial charge in [-0.15, -0.1) is 0 Å². The summed E-state index contributed by atoms with van der Waals surface area (Å²) in [5.41, 5.74) is 1.02. The van der Waals surface area contributed by atoms with E-state index < -0.39 is 0 Å². The van der Waals surface area contributed by atoms with E-state index >= 15 is 0 Å². The largest absolute Gasteiger partial charge is 0.468 e. The van der Waals surface area contributed by atoms with E-state index in [0.717, 1.165) is 61.8 Å². The van der Waals surface area contributed by atoms with Crippen LogP contribution in [0.3, 0.4) is 0 Å².